The normalized spacial score (nSPS) is 10.1. The van der Waals surface area contributed by atoms with E-state index in [2.05, 4.69) is 0 Å². The summed E-state index contributed by atoms with van der Waals surface area (Å²) in [6.45, 7) is 0. The summed E-state index contributed by atoms with van der Waals surface area (Å²) in [4.78, 5) is 24.1. The summed E-state index contributed by atoms with van der Waals surface area (Å²) in [6, 6.07) is 21.4. The van der Waals surface area contributed by atoms with Crippen LogP contribution in [0.4, 0.5) is 0 Å². The zero-order valence-corrected chi connectivity index (χ0v) is 13.8. The summed E-state index contributed by atoms with van der Waals surface area (Å²) in [7, 11) is 0. The highest BCUT2D eigenvalue weighted by atomic mass is 35.5. The third kappa shape index (κ3) is 4.46. The molecule has 3 rings (SSSR count). The first kappa shape index (κ1) is 16.7. The molecule has 0 aliphatic heterocycles. The van der Waals surface area contributed by atoms with Gasteiger partial charge in [-0.2, -0.15) is 0 Å². The van der Waals surface area contributed by atoms with E-state index in [0.29, 0.717) is 27.6 Å². The van der Waals surface area contributed by atoms with Crippen LogP contribution in [0, 0.1) is 0 Å². The molecule has 0 saturated heterocycles. The van der Waals surface area contributed by atoms with Crippen LogP contribution in [0.3, 0.4) is 0 Å². The molecule has 0 aromatic heterocycles. The second kappa shape index (κ2) is 7.64. The molecule has 0 saturated carbocycles. The van der Waals surface area contributed by atoms with Crippen molar-refractivity contribution in [3.63, 3.8) is 0 Å². The molecule has 124 valence electrons. The smallest absolute Gasteiger partial charge is 0.343 e. The highest BCUT2D eigenvalue weighted by Gasteiger charge is 2.11. The van der Waals surface area contributed by atoms with Crippen molar-refractivity contribution in [2.45, 2.75) is 0 Å². The van der Waals surface area contributed by atoms with Crippen LogP contribution in [-0.4, -0.2) is 11.9 Å². The number of ether oxygens (including phenoxy) is 2. The van der Waals surface area contributed by atoms with Crippen LogP contribution < -0.4 is 9.47 Å². The minimum Gasteiger partial charge on any atom is -0.423 e. The number of carbonyl (C=O) groups excluding carboxylic acids is 2. The highest BCUT2D eigenvalue weighted by Crippen LogP contribution is 2.20. The van der Waals surface area contributed by atoms with Crippen LogP contribution in [0.2, 0.25) is 5.02 Å². The number of halogens is 1. The lowest BCUT2D eigenvalue weighted by molar-refractivity contribution is 0.0730. The molecule has 0 unspecified atom stereocenters. The SMILES string of the molecule is O=C(Oc1ccc(C(=O)Oc2cccc(Cl)c2)cc1)c1ccccc1. The second-order valence-electron chi connectivity index (χ2n) is 5.13. The number of esters is 2. The molecule has 4 nitrogen and oxygen atoms in total. The van der Waals surface area contributed by atoms with E-state index in [4.69, 9.17) is 21.1 Å². The molecule has 0 aliphatic rings. The van der Waals surface area contributed by atoms with Gasteiger partial charge in [0, 0.05) is 5.02 Å². The predicted molar refractivity (Wildman–Crippen MR) is 94.3 cm³/mol. The van der Waals surface area contributed by atoms with Gasteiger partial charge in [-0.15, -0.1) is 0 Å². The van der Waals surface area contributed by atoms with Crippen molar-refractivity contribution < 1.29 is 19.1 Å². The van der Waals surface area contributed by atoms with Crippen molar-refractivity contribution in [3.05, 3.63) is 95.0 Å². The average molecular weight is 353 g/mol. The molecule has 0 radical (unpaired) electrons. The van der Waals surface area contributed by atoms with Gasteiger partial charge in [-0.05, 0) is 54.6 Å². The summed E-state index contributed by atoms with van der Waals surface area (Å²) in [6.07, 6.45) is 0. The molecule has 0 spiro atoms. The van der Waals surface area contributed by atoms with E-state index in [0.717, 1.165) is 0 Å². The largest absolute Gasteiger partial charge is 0.423 e. The molecule has 3 aromatic carbocycles. The Morgan fingerprint density at radius 1 is 0.640 bits per heavy atom. The number of hydrogen-bond donors (Lipinski definition) is 0. The van der Waals surface area contributed by atoms with Gasteiger partial charge in [0.15, 0.2) is 0 Å². The molecule has 0 fully saturated rings. The van der Waals surface area contributed by atoms with Crippen LogP contribution in [0.25, 0.3) is 0 Å². The summed E-state index contributed by atoms with van der Waals surface area (Å²) in [5.41, 5.74) is 0.784. The van der Waals surface area contributed by atoms with Crippen LogP contribution >= 0.6 is 11.6 Å². The number of benzene rings is 3. The fraction of sp³-hybridized carbons (Fsp3) is 0. The van der Waals surface area contributed by atoms with Crippen molar-refractivity contribution in [1.29, 1.82) is 0 Å². The van der Waals surface area contributed by atoms with Gasteiger partial charge in [0.1, 0.15) is 11.5 Å². The summed E-state index contributed by atoms with van der Waals surface area (Å²) < 4.78 is 10.5. The van der Waals surface area contributed by atoms with E-state index >= 15 is 0 Å². The first-order chi connectivity index (χ1) is 12.1. The van der Waals surface area contributed by atoms with Gasteiger partial charge in [0.2, 0.25) is 0 Å². The van der Waals surface area contributed by atoms with E-state index < -0.39 is 11.9 Å². The lowest BCUT2D eigenvalue weighted by atomic mass is 10.2. The summed E-state index contributed by atoms with van der Waals surface area (Å²) >= 11 is 5.85. The Bertz CT molecular complexity index is 889. The van der Waals surface area contributed by atoms with Gasteiger partial charge in [-0.1, -0.05) is 35.9 Å². The molecule has 0 heterocycles. The molecule has 0 atom stereocenters. The molecule has 3 aromatic rings. The molecule has 0 N–H and O–H groups in total. The van der Waals surface area contributed by atoms with E-state index in [1.165, 1.54) is 24.3 Å². The Balaban J connectivity index is 1.65. The third-order valence-corrected chi connectivity index (χ3v) is 3.55. The van der Waals surface area contributed by atoms with E-state index in [1.54, 1.807) is 48.5 Å². The zero-order valence-electron chi connectivity index (χ0n) is 13.0. The van der Waals surface area contributed by atoms with E-state index in [9.17, 15) is 9.59 Å². The maximum absolute atomic E-state index is 12.1. The van der Waals surface area contributed by atoms with Crippen molar-refractivity contribution in [3.8, 4) is 11.5 Å². The fourth-order valence-electron chi connectivity index (χ4n) is 2.10. The minimum atomic E-state index is -0.525. The molecule has 0 amide bonds. The quantitative estimate of drug-likeness (QED) is 0.501. The molecular formula is C20H13ClO4. The Hall–Kier alpha value is -3.11. The van der Waals surface area contributed by atoms with Crippen LogP contribution in [0.1, 0.15) is 20.7 Å². The highest BCUT2D eigenvalue weighted by molar-refractivity contribution is 6.30. The molecule has 25 heavy (non-hydrogen) atoms. The van der Waals surface area contributed by atoms with E-state index in [-0.39, 0.29) is 0 Å². The van der Waals surface area contributed by atoms with Crippen LogP contribution in [0.15, 0.2) is 78.9 Å². The van der Waals surface area contributed by atoms with Gasteiger partial charge in [0.05, 0.1) is 11.1 Å². The Morgan fingerprint density at radius 3 is 1.88 bits per heavy atom. The summed E-state index contributed by atoms with van der Waals surface area (Å²) in [5.74, 6) is -0.289. The van der Waals surface area contributed by atoms with Gasteiger partial charge in [-0.3, -0.25) is 0 Å². The fourth-order valence-corrected chi connectivity index (χ4v) is 2.28. The maximum Gasteiger partial charge on any atom is 0.343 e. The van der Waals surface area contributed by atoms with Crippen LogP contribution in [-0.2, 0) is 0 Å². The van der Waals surface area contributed by atoms with Crippen molar-refractivity contribution in [2.75, 3.05) is 0 Å². The average Bonchev–Trinajstić information content (AvgIpc) is 2.63. The first-order valence-corrected chi connectivity index (χ1v) is 7.85. The molecule has 5 heteroatoms. The standard InChI is InChI=1S/C20H13ClO4/c21-16-7-4-8-18(13-16)25-20(23)15-9-11-17(12-10-15)24-19(22)14-5-2-1-3-6-14/h1-13H. The van der Waals surface area contributed by atoms with Crippen LogP contribution in [0.5, 0.6) is 11.5 Å². The zero-order chi connectivity index (χ0) is 17.6. The van der Waals surface area contributed by atoms with Gasteiger partial charge < -0.3 is 9.47 Å². The van der Waals surface area contributed by atoms with Crippen molar-refractivity contribution >= 4 is 23.5 Å². The van der Waals surface area contributed by atoms with Gasteiger partial charge in [-0.25, -0.2) is 9.59 Å². The Morgan fingerprint density at radius 2 is 1.24 bits per heavy atom. The molecule has 0 aliphatic carbocycles. The van der Waals surface area contributed by atoms with Crippen molar-refractivity contribution in [1.82, 2.24) is 0 Å². The lowest BCUT2D eigenvalue weighted by Gasteiger charge is -2.07. The summed E-state index contributed by atoms with van der Waals surface area (Å²) in [5, 5.41) is 0.480. The molecule has 0 bridgehead atoms. The Labute approximate surface area is 149 Å². The number of carbonyl (C=O) groups is 2. The Kier molecular flexibility index (Phi) is 5.11. The van der Waals surface area contributed by atoms with Gasteiger partial charge >= 0.3 is 11.9 Å². The van der Waals surface area contributed by atoms with Crippen molar-refractivity contribution in [2.24, 2.45) is 0 Å². The molecular weight excluding hydrogens is 340 g/mol. The predicted octanol–water partition coefficient (Wildman–Crippen LogP) is 4.78. The lowest BCUT2D eigenvalue weighted by Crippen LogP contribution is -2.10. The second-order valence-corrected chi connectivity index (χ2v) is 5.56. The van der Waals surface area contributed by atoms with Gasteiger partial charge in [0.25, 0.3) is 0 Å². The maximum atomic E-state index is 12.1. The minimum absolute atomic E-state index is 0.333. The third-order valence-electron chi connectivity index (χ3n) is 3.32. The number of hydrogen-bond acceptors (Lipinski definition) is 4. The number of rotatable bonds is 4. The topological polar surface area (TPSA) is 52.6 Å². The first-order valence-electron chi connectivity index (χ1n) is 7.47. The van der Waals surface area contributed by atoms with E-state index in [1.807, 2.05) is 6.07 Å². The monoisotopic (exact) mass is 352 g/mol.